The van der Waals surface area contributed by atoms with Crippen LogP contribution >= 0.6 is 11.3 Å². The molecule has 2 N–H and O–H groups in total. The molecule has 0 radical (unpaired) electrons. The summed E-state index contributed by atoms with van der Waals surface area (Å²) in [5.41, 5.74) is 1.61. The summed E-state index contributed by atoms with van der Waals surface area (Å²) in [5.74, 6) is -0.928. The van der Waals surface area contributed by atoms with Crippen molar-refractivity contribution in [3.05, 3.63) is 23.0 Å². The smallest absolute Gasteiger partial charge is 0.317 e. The predicted molar refractivity (Wildman–Crippen MR) is 98.2 cm³/mol. The van der Waals surface area contributed by atoms with Gasteiger partial charge in [-0.2, -0.15) is 5.10 Å². The van der Waals surface area contributed by atoms with E-state index in [9.17, 15) is 9.59 Å². The molecule has 9 heteroatoms. The maximum absolute atomic E-state index is 12.6. The van der Waals surface area contributed by atoms with Crippen LogP contribution in [0.15, 0.2) is 12.4 Å². The number of aliphatic carboxylic acids is 1. The molecule has 26 heavy (non-hydrogen) atoms. The Balaban J connectivity index is 1.58. The Bertz CT molecular complexity index is 809. The lowest BCUT2D eigenvalue weighted by atomic mass is 9.85. The molecule has 0 spiro atoms. The van der Waals surface area contributed by atoms with Crippen molar-refractivity contribution in [2.24, 2.45) is 7.05 Å². The summed E-state index contributed by atoms with van der Waals surface area (Å²) >= 11 is 1.37. The van der Waals surface area contributed by atoms with Crippen molar-refractivity contribution < 1.29 is 14.7 Å². The van der Waals surface area contributed by atoms with E-state index in [-0.39, 0.29) is 24.5 Å². The lowest BCUT2D eigenvalue weighted by Gasteiger charge is -2.42. The van der Waals surface area contributed by atoms with Gasteiger partial charge in [0.2, 0.25) is 0 Å². The number of aryl methyl sites for hydroxylation is 2. The second-order valence-corrected chi connectivity index (χ2v) is 7.59. The zero-order chi connectivity index (χ0) is 18.8. The molecule has 1 saturated carbocycles. The molecule has 1 fully saturated rings. The third kappa shape index (κ3) is 3.94. The van der Waals surface area contributed by atoms with Gasteiger partial charge in [-0.15, -0.1) is 11.3 Å². The van der Waals surface area contributed by atoms with Crippen molar-refractivity contribution in [3.8, 4) is 10.6 Å². The maximum Gasteiger partial charge on any atom is 0.317 e. The Kier molecular flexibility index (Phi) is 5.38. The van der Waals surface area contributed by atoms with Gasteiger partial charge < -0.3 is 10.4 Å². The maximum atomic E-state index is 12.6. The molecule has 0 aromatic carbocycles. The van der Waals surface area contributed by atoms with Crippen molar-refractivity contribution in [2.75, 3.05) is 13.1 Å². The van der Waals surface area contributed by atoms with Gasteiger partial charge in [0.25, 0.3) is 5.91 Å². The number of nitrogens with zero attached hydrogens (tertiary/aromatic N) is 4. The fourth-order valence-electron chi connectivity index (χ4n) is 3.19. The summed E-state index contributed by atoms with van der Waals surface area (Å²) in [6, 6.07) is 0.300. The third-order valence-electron chi connectivity index (χ3n) is 4.66. The largest absolute Gasteiger partial charge is 0.480 e. The van der Waals surface area contributed by atoms with Crippen LogP contribution in [0, 0.1) is 6.92 Å². The summed E-state index contributed by atoms with van der Waals surface area (Å²) in [6.45, 7) is 4.53. The summed E-state index contributed by atoms with van der Waals surface area (Å²) < 4.78 is 1.71. The van der Waals surface area contributed by atoms with Crippen molar-refractivity contribution in [3.63, 3.8) is 0 Å². The summed E-state index contributed by atoms with van der Waals surface area (Å²) in [6.07, 6.45) is 5.16. The zero-order valence-electron chi connectivity index (χ0n) is 15.1. The molecule has 0 atom stereocenters. The van der Waals surface area contributed by atoms with Gasteiger partial charge in [-0.1, -0.05) is 6.92 Å². The van der Waals surface area contributed by atoms with Crippen LogP contribution in [-0.4, -0.2) is 61.8 Å². The molecule has 0 aliphatic heterocycles. The minimum Gasteiger partial charge on any atom is -0.480 e. The highest BCUT2D eigenvalue weighted by molar-refractivity contribution is 7.17. The van der Waals surface area contributed by atoms with Crippen molar-refractivity contribution in [2.45, 2.75) is 38.8 Å². The van der Waals surface area contributed by atoms with Crippen LogP contribution in [0.3, 0.4) is 0 Å². The van der Waals surface area contributed by atoms with Gasteiger partial charge in [0.1, 0.15) is 9.88 Å². The van der Waals surface area contributed by atoms with Gasteiger partial charge in [-0.3, -0.25) is 19.2 Å². The van der Waals surface area contributed by atoms with Gasteiger partial charge in [0.05, 0.1) is 18.4 Å². The minimum absolute atomic E-state index is 0.0459. The first-order valence-electron chi connectivity index (χ1n) is 8.60. The Hall–Kier alpha value is -2.26. The van der Waals surface area contributed by atoms with E-state index in [1.54, 1.807) is 10.9 Å². The number of thiazole rings is 1. The number of rotatable bonds is 7. The molecule has 3 rings (SSSR count). The molecule has 8 nitrogen and oxygen atoms in total. The van der Waals surface area contributed by atoms with Gasteiger partial charge in [0, 0.05) is 30.9 Å². The van der Waals surface area contributed by atoms with Crippen LogP contribution in [0.4, 0.5) is 0 Å². The van der Waals surface area contributed by atoms with E-state index < -0.39 is 5.97 Å². The normalized spacial score (nSPS) is 19.4. The summed E-state index contributed by atoms with van der Waals surface area (Å²) in [4.78, 5) is 30.5. The number of nitrogens with one attached hydrogen (secondary N) is 1. The molecular formula is C17H23N5O3S. The van der Waals surface area contributed by atoms with Crippen molar-refractivity contribution in [1.82, 2.24) is 25.0 Å². The van der Waals surface area contributed by atoms with Crippen molar-refractivity contribution in [1.29, 1.82) is 0 Å². The molecular weight excluding hydrogens is 354 g/mol. The van der Waals surface area contributed by atoms with Gasteiger partial charge in [0.15, 0.2) is 0 Å². The first-order chi connectivity index (χ1) is 12.4. The van der Waals surface area contributed by atoms with Crippen molar-refractivity contribution >= 4 is 23.2 Å². The van der Waals surface area contributed by atoms with Crippen LogP contribution in [-0.2, 0) is 11.8 Å². The fraction of sp³-hybridized carbons (Fsp3) is 0.529. The number of hydrogen-bond acceptors (Lipinski definition) is 6. The number of likely N-dealkylation sites (N-methyl/N-ethyl adjacent to an activating group) is 1. The number of carbonyl (C=O) groups is 2. The molecule has 2 aromatic heterocycles. The van der Waals surface area contributed by atoms with Gasteiger partial charge >= 0.3 is 5.97 Å². The van der Waals surface area contributed by atoms with Gasteiger partial charge in [-0.05, 0) is 26.3 Å². The monoisotopic (exact) mass is 377 g/mol. The molecule has 2 aromatic rings. The molecule has 2 heterocycles. The Morgan fingerprint density at radius 3 is 2.77 bits per heavy atom. The quantitative estimate of drug-likeness (QED) is 0.759. The lowest BCUT2D eigenvalue weighted by molar-refractivity contribution is -0.139. The molecule has 1 aliphatic carbocycles. The van der Waals surface area contributed by atoms with Crippen LogP contribution in [0.2, 0.25) is 0 Å². The number of carboxylic acids is 1. The Morgan fingerprint density at radius 1 is 1.46 bits per heavy atom. The predicted octanol–water partition coefficient (Wildman–Crippen LogP) is 1.52. The molecule has 0 unspecified atom stereocenters. The van der Waals surface area contributed by atoms with E-state index in [1.165, 1.54) is 11.3 Å². The third-order valence-corrected chi connectivity index (χ3v) is 5.87. The van der Waals surface area contributed by atoms with Gasteiger partial charge in [-0.25, -0.2) is 4.98 Å². The second-order valence-electron chi connectivity index (χ2n) is 6.59. The van der Waals surface area contributed by atoms with E-state index in [1.807, 2.05) is 32.0 Å². The molecule has 1 aliphatic rings. The Labute approximate surface area is 155 Å². The average Bonchev–Trinajstić information content (AvgIpc) is 3.14. The highest BCUT2D eigenvalue weighted by Crippen LogP contribution is 2.29. The zero-order valence-corrected chi connectivity index (χ0v) is 15.9. The highest BCUT2D eigenvalue weighted by atomic mass is 32.1. The Morgan fingerprint density at radius 2 is 2.19 bits per heavy atom. The molecule has 0 bridgehead atoms. The van der Waals surface area contributed by atoms with Crippen LogP contribution in [0.25, 0.3) is 10.6 Å². The minimum atomic E-state index is -0.817. The molecule has 140 valence electrons. The number of hydrogen-bond donors (Lipinski definition) is 2. The van der Waals surface area contributed by atoms with Crippen LogP contribution in [0.5, 0.6) is 0 Å². The van der Waals surface area contributed by atoms with E-state index in [0.717, 1.165) is 23.4 Å². The molecule has 0 saturated heterocycles. The first kappa shape index (κ1) is 18.5. The first-order valence-corrected chi connectivity index (χ1v) is 9.42. The number of amides is 1. The highest BCUT2D eigenvalue weighted by Gasteiger charge is 2.35. The second kappa shape index (κ2) is 7.55. The van der Waals surface area contributed by atoms with Crippen LogP contribution in [0.1, 0.15) is 35.1 Å². The van der Waals surface area contributed by atoms with Crippen LogP contribution < -0.4 is 5.32 Å². The average molecular weight is 377 g/mol. The standard InChI is InChI=1S/C17H23N5O3S/c1-4-22(9-14(23)24)13-5-12(6-13)20-16(25)15-10(2)19-17(26-15)11-7-18-21(3)8-11/h7-8,12-13H,4-6,9H2,1-3H3,(H,20,25)(H,23,24). The SMILES string of the molecule is CCN(CC(=O)O)C1CC(NC(=O)c2sc(-c3cnn(C)c3)nc2C)C1. The number of aromatic nitrogens is 3. The molecule has 1 amide bonds. The summed E-state index contributed by atoms with van der Waals surface area (Å²) in [7, 11) is 1.84. The number of carboxylic acid groups (broad SMARTS) is 1. The lowest BCUT2D eigenvalue weighted by Crippen LogP contribution is -2.54. The van der Waals surface area contributed by atoms with E-state index in [4.69, 9.17) is 5.11 Å². The summed E-state index contributed by atoms with van der Waals surface area (Å²) in [5, 5.41) is 16.9. The van der Waals surface area contributed by atoms with E-state index >= 15 is 0 Å². The topological polar surface area (TPSA) is 100 Å². The van der Waals surface area contributed by atoms with E-state index in [0.29, 0.717) is 17.1 Å². The number of carbonyl (C=O) groups excluding carboxylic acids is 1. The van der Waals surface area contributed by atoms with E-state index in [2.05, 4.69) is 15.4 Å². The fourth-order valence-corrected chi connectivity index (χ4v) is 4.13.